The third-order valence-corrected chi connectivity index (χ3v) is 8.54. The maximum absolute atomic E-state index is 14.7. The van der Waals surface area contributed by atoms with Crippen molar-refractivity contribution >= 4 is 35.1 Å². The third-order valence-electron chi connectivity index (χ3n) is 8.54. The van der Waals surface area contributed by atoms with Crippen LogP contribution in [0.2, 0.25) is 0 Å². The minimum atomic E-state index is -1.53. The summed E-state index contributed by atoms with van der Waals surface area (Å²) in [6.45, 7) is 1.32. The molecule has 6 nitrogen and oxygen atoms in total. The molecule has 0 aromatic heterocycles. The molecule has 1 aliphatic carbocycles. The predicted molar refractivity (Wildman–Crippen MR) is 154 cm³/mol. The Hall–Kier alpha value is -5.10. The van der Waals surface area contributed by atoms with Crippen molar-refractivity contribution in [2.24, 2.45) is 5.41 Å². The van der Waals surface area contributed by atoms with Crippen molar-refractivity contribution in [2.75, 3.05) is 4.90 Å². The fourth-order valence-electron chi connectivity index (χ4n) is 6.97. The van der Waals surface area contributed by atoms with E-state index in [1.165, 1.54) is 6.92 Å². The number of esters is 1. The Labute approximate surface area is 236 Å². The molecule has 0 radical (unpaired) electrons. The Balaban J connectivity index is 1.48. The number of hydrogen-bond acceptors (Lipinski definition) is 6. The van der Waals surface area contributed by atoms with E-state index in [-0.39, 0.29) is 17.3 Å². The first kappa shape index (κ1) is 24.9. The highest BCUT2D eigenvalue weighted by Gasteiger charge is 2.71. The first-order valence-electron chi connectivity index (χ1n) is 13.5. The van der Waals surface area contributed by atoms with E-state index in [4.69, 9.17) is 4.74 Å². The summed E-state index contributed by atoms with van der Waals surface area (Å²) in [6.07, 6.45) is 3.86. The van der Waals surface area contributed by atoms with Crippen molar-refractivity contribution in [1.82, 2.24) is 0 Å². The van der Waals surface area contributed by atoms with Crippen molar-refractivity contribution < 1.29 is 23.9 Å². The highest BCUT2D eigenvalue weighted by Crippen LogP contribution is 2.60. The van der Waals surface area contributed by atoms with E-state index in [1.54, 1.807) is 48.5 Å². The van der Waals surface area contributed by atoms with Gasteiger partial charge in [0.2, 0.25) is 0 Å². The normalized spacial score (nSPS) is 21.4. The molecule has 0 saturated carbocycles. The fraction of sp³-hybridized carbons (Fsp3) is 0.143. The van der Waals surface area contributed by atoms with Gasteiger partial charge in [-0.1, -0.05) is 84.9 Å². The van der Waals surface area contributed by atoms with E-state index in [1.807, 2.05) is 71.6 Å². The van der Waals surface area contributed by atoms with Crippen LogP contribution in [0.5, 0.6) is 5.75 Å². The second kappa shape index (κ2) is 9.24. The van der Waals surface area contributed by atoms with Crippen molar-refractivity contribution in [3.05, 3.63) is 137 Å². The smallest absolute Gasteiger partial charge is 0.308 e. The van der Waals surface area contributed by atoms with Gasteiger partial charge in [0.1, 0.15) is 17.2 Å². The minimum Gasteiger partial charge on any atom is -0.427 e. The van der Waals surface area contributed by atoms with Crippen LogP contribution >= 0.6 is 0 Å². The van der Waals surface area contributed by atoms with Crippen LogP contribution in [-0.4, -0.2) is 35.4 Å². The number of hydrogen-bond donors (Lipinski definition) is 0. The van der Waals surface area contributed by atoms with Gasteiger partial charge in [-0.15, -0.1) is 0 Å². The van der Waals surface area contributed by atoms with Crippen LogP contribution in [0.4, 0.5) is 5.69 Å². The van der Waals surface area contributed by atoms with Gasteiger partial charge in [0.05, 0.1) is 6.04 Å². The molecule has 1 fully saturated rings. The first-order chi connectivity index (χ1) is 19.9. The molecule has 6 heteroatoms. The first-order valence-corrected chi connectivity index (χ1v) is 13.5. The van der Waals surface area contributed by atoms with Gasteiger partial charge in [-0.2, -0.15) is 0 Å². The largest absolute Gasteiger partial charge is 0.427 e. The summed E-state index contributed by atoms with van der Waals surface area (Å²) in [6, 6.07) is 29.0. The molecule has 0 bridgehead atoms. The molecule has 0 N–H and O–H groups in total. The Bertz CT molecular complexity index is 1740. The second-order valence-corrected chi connectivity index (χ2v) is 10.7. The molecule has 41 heavy (non-hydrogen) atoms. The zero-order valence-corrected chi connectivity index (χ0v) is 22.2. The van der Waals surface area contributed by atoms with Gasteiger partial charge in [-0.05, 0) is 41.5 Å². The quantitative estimate of drug-likeness (QED) is 0.138. The van der Waals surface area contributed by atoms with Crippen molar-refractivity contribution in [2.45, 2.75) is 24.9 Å². The number of fused-ring (bicyclic) bond motifs is 5. The van der Waals surface area contributed by atoms with Crippen molar-refractivity contribution in [3.8, 4) is 5.75 Å². The van der Waals surface area contributed by atoms with Gasteiger partial charge in [0, 0.05) is 35.2 Å². The summed E-state index contributed by atoms with van der Waals surface area (Å²) < 4.78 is 5.18. The summed E-state index contributed by atoms with van der Waals surface area (Å²) in [5.74, 6) is -1.63. The molecule has 1 spiro atoms. The molecule has 4 aromatic rings. The maximum atomic E-state index is 14.7. The predicted octanol–water partition coefficient (Wildman–Crippen LogP) is 5.93. The van der Waals surface area contributed by atoms with Crippen molar-refractivity contribution in [3.63, 3.8) is 0 Å². The van der Waals surface area contributed by atoms with E-state index < -0.39 is 29.4 Å². The zero-order chi connectivity index (χ0) is 28.3. The number of carbonyl (C=O) groups excluding carboxylic acids is 4. The number of anilines is 1. The van der Waals surface area contributed by atoms with Crippen LogP contribution in [0.15, 0.2) is 109 Å². The van der Waals surface area contributed by atoms with E-state index >= 15 is 0 Å². The summed E-state index contributed by atoms with van der Waals surface area (Å²) >= 11 is 0. The number of rotatable bonds is 4. The van der Waals surface area contributed by atoms with Gasteiger partial charge in [-0.25, -0.2) is 0 Å². The summed E-state index contributed by atoms with van der Waals surface area (Å²) in [5, 5.41) is 0. The summed E-state index contributed by atoms with van der Waals surface area (Å²) in [7, 11) is 0. The molecular weight excluding hydrogens is 514 g/mol. The van der Waals surface area contributed by atoms with Gasteiger partial charge in [0.15, 0.2) is 17.3 Å². The minimum absolute atomic E-state index is 0.225. The Morgan fingerprint density at radius 2 is 1.37 bits per heavy atom. The number of carbonyl (C=O) groups is 4. The van der Waals surface area contributed by atoms with Crippen LogP contribution < -0.4 is 9.64 Å². The standard InChI is InChI=1S/C35H25NO5/c1-21(37)41-25-18-15-24(16-19-25)32(38)31-30(23-10-3-2-4-11-23)35(33(39)26-12-6-7-13-27(26)34(35)40)29-20-17-22-9-5-8-14-28(22)36(29)31/h2-20,29-31H,1H3/t29-,30+,31-/m0/s1. The lowest BCUT2D eigenvalue weighted by Gasteiger charge is -2.37. The van der Waals surface area contributed by atoms with E-state index in [2.05, 4.69) is 0 Å². The van der Waals surface area contributed by atoms with E-state index in [0.717, 1.165) is 16.8 Å². The lowest BCUT2D eigenvalue weighted by molar-refractivity contribution is -0.131. The summed E-state index contributed by atoms with van der Waals surface area (Å²) in [5.41, 5.74) is 2.10. The SMILES string of the molecule is CC(=O)Oc1ccc(C(=O)[C@@H]2[C@@H](c3ccccc3)C3(C(=O)c4ccccc4C3=O)[C@@H]3C=Cc4ccccc4N23)cc1. The molecule has 3 aliphatic rings. The Morgan fingerprint density at radius 3 is 2.02 bits per heavy atom. The monoisotopic (exact) mass is 539 g/mol. The van der Waals surface area contributed by atoms with Gasteiger partial charge in [0.25, 0.3) is 0 Å². The molecule has 7 rings (SSSR count). The maximum Gasteiger partial charge on any atom is 0.308 e. The number of nitrogens with zero attached hydrogens (tertiary/aromatic N) is 1. The third kappa shape index (κ3) is 3.50. The molecule has 0 unspecified atom stereocenters. The number of para-hydroxylation sites is 1. The number of benzene rings is 4. The highest BCUT2D eigenvalue weighted by atomic mass is 16.5. The average molecular weight is 540 g/mol. The molecule has 3 atom stereocenters. The Morgan fingerprint density at radius 1 is 0.756 bits per heavy atom. The lowest BCUT2D eigenvalue weighted by Crippen LogP contribution is -2.48. The molecule has 2 heterocycles. The van der Waals surface area contributed by atoms with Crippen LogP contribution in [0, 0.1) is 5.41 Å². The van der Waals surface area contributed by atoms with Crippen molar-refractivity contribution in [1.29, 1.82) is 0 Å². The molecule has 4 aromatic carbocycles. The number of ether oxygens (including phenoxy) is 1. The molecule has 0 amide bonds. The van der Waals surface area contributed by atoms with Gasteiger partial charge >= 0.3 is 5.97 Å². The fourth-order valence-corrected chi connectivity index (χ4v) is 6.97. The highest BCUT2D eigenvalue weighted by molar-refractivity contribution is 6.32. The van der Waals surface area contributed by atoms with Crippen LogP contribution in [-0.2, 0) is 4.79 Å². The van der Waals surface area contributed by atoms with Crippen LogP contribution in [0.25, 0.3) is 6.08 Å². The van der Waals surface area contributed by atoms with E-state index in [9.17, 15) is 19.2 Å². The number of ketones is 3. The zero-order valence-electron chi connectivity index (χ0n) is 22.2. The molecule has 1 saturated heterocycles. The second-order valence-electron chi connectivity index (χ2n) is 10.7. The summed E-state index contributed by atoms with van der Waals surface area (Å²) in [4.78, 5) is 57.3. The van der Waals surface area contributed by atoms with Crippen LogP contribution in [0.1, 0.15) is 55.0 Å². The van der Waals surface area contributed by atoms with Gasteiger partial charge in [-0.3, -0.25) is 19.2 Å². The average Bonchev–Trinajstić information content (AvgIpc) is 3.43. The molecule has 2 aliphatic heterocycles. The molecular formula is C35H25NO5. The topological polar surface area (TPSA) is 80.8 Å². The van der Waals surface area contributed by atoms with E-state index in [0.29, 0.717) is 22.4 Å². The Kier molecular flexibility index (Phi) is 5.61. The number of Topliss-reactive ketones (excluding diaryl/α,β-unsaturated/α-hetero) is 3. The molecule has 200 valence electrons. The lowest BCUT2D eigenvalue weighted by atomic mass is 9.64. The van der Waals surface area contributed by atoms with Gasteiger partial charge < -0.3 is 9.64 Å². The van der Waals surface area contributed by atoms with Crippen LogP contribution in [0.3, 0.4) is 0 Å².